The number of sulfonamides is 1. The second-order valence-corrected chi connectivity index (χ2v) is 9.43. The molecule has 1 atom stereocenters. The minimum Gasteiger partial charge on any atom is -0.484 e. The molecule has 0 fully saturated rings. The van der Waals surface area contributed by atoms with Crippen LogP contribution >= 0.6 is 0 Å². The Kier molecular flexibility index (Phi) is 7.81. The van der Waals surface area contributed by atoms with Gasteiger partial charge in [-0.3, -0.25) is 4.79 Å². The van der Waals surface area contributed by atoms with E-state index in [0.29, 0.717) is 5.75 Å². The quantitative estimate of drug-likeness (QED) is 0.678. The van der Waals surface area contributed by atoms with E-state index in [4.69, 9.17) is 4.74 Å². The Morgan fingerprint density at radius 2 is 1.79 bits per heavy atom. The lowest BCUT2D eigenvalue weighted by Crippen LogP contribution is -2.32. The molecule has 1 N–H and O–H groups in total. The van der Waals surface area contributed by atoms with Crippen LogP contribution < -0.4 is 10.1 Å². The number of ether oxygens (including phenoxy) is 1. The standard InChI is InChI=1S/C22H30N2O4S/c1-6-21(20-12-7-16(2)13-17(20)3)23-22(25)15-28-19-10-8-18(9-11-19)14-24(4)29(5,26)27/h7-13,21H,6,14-15H2,1-5H3,(H,23,25)/t21-/m0/s1. The Bertz CT molecular complexity index is 940. The number of hydrogen-bond acceptors (Lipinski definition) is 4. The Labute approximate surface area is 173 Å². The fraction of sp³-hybridized carbons (Fsp3) is 0.409. The predicted molar refractivity (Wildman–Crippen MR) is 115 cm³/mol. The first kappa shape index (κ1) is 22.9. The molecule has 2 aromatic carbocycles. The van der Waals surface area contributed by atoms with Gasteiger partial charge < -0.3 is 10.1 Å². The molecule has 7 heteroatoms. The molecule has 0 spiro atoms. The number of nitrogens with zero attached hydrogens (tertiary/aromatic N) is 1. The number of hydrogen-bond donors (Lipinski definition) is 1. The molecule has 6 nitrogen and oxygen atoms in total. The topological polar surface area (TPSA) is 75.7 Å². The summed E-state index contributed by atoms with van der Waals surface area (Å²) < 4.78 is 29.8. The van der Waals surface area contributed by atoms with Crippen molar-refractivity contribution in [2.45, 2.75) is 39.8 Å². The normalized spacial score (nSPS) is 12.6. The summed E-state index contributed by atoms with van der Waals surface area (Å²) in [5, 5.41) is 3.03. The first-order valence-electron chi connectivity index (χ1n) is 9.59. The zero-order valence-electron chi connectivity index (χ0n) is 17.7. The van der Waals surface area contributed by atoms with E-state index in [9.17, 15) is 13.2 Å². The molecule has 0 aliphatic rings. The monoisotopic (exact) mass is 418 g/mol. The van der Waals surface area contributed by atoms with Crippen molar-refractivity contribution in [3.05, 3.63) is 64.7 Å². The Hall–Kier alpha value is -2.38. The van der Waals surface area contributed by atoms with Gasteiger partial charge in [0.15, 0.2) is 6.61 Å². The van der Waals surface area contributed by atoms with Crippen molar-refractivity contribution in [3.63, 3.8) is 0 Å². The zero-order valence-corrected chi connectivity index (χ0v) is 18.5. The molecule has 0 aromatic heterocycles. The maximum atomic E-state index is 12.4. The smallest absolute Gasteiger partial charge is 0.258 e. The van der Waals surface area contributed by atoms with Gasteiger partial charge in [0.1, 0.15) is 5.75 Å². The van der Waals surface area contributed by atoms with Crippen molar-refractivity contribution < 1.29 is 17.9 Å². The molecule has 2 rings (SSSR count). The Morgan fingerprint density at radius 3 is 2.34 bits per heavy atom. The first-order valence-corrected chi connectivity index (χ1v) is 11.4. The van der Waals surface area contributed by atoms with E-state index < -0.39 is 10.0 Å². The highest BCUT2D eigenvalue weighted by molar-refractivity contribution is 7.88. The molecule has 2 aromatic rings. The molecule has 0 unspecified atom stereocenters. The van der Waals surface area contributed by atoms with Crippen LogP contribution in [0.5, 0.6) is 5.75 Å². The molecule has 158 valence electrons. The highest BCUT2D eigenvalue weighted by Crippen LogP contribution is 2.22. The van der Waals surface area contributed by atoms with Crippen LogP contribution in [0.3, 0.4) is 0 Å². The van der Waals surface area contributed by atoms with Crippen LogP contribution in [0.1, 0.15) is 41.6 Å². The maximum Gasteiger partial charge on any atom is 0.258 e. The maximum absolute atomic E-state index is 12.4. The van der Waals surface area contributed by atoms with Gasteiger partial charge in [-0.2, -0.15) is 0 Å². The average Bonchev–Trinajstić information content (AvgIpc) is 2.65. The largest absolute Gasteiger partial charge is 0.484 e. The van der Waals surface area contributed by atoms with E-state index in [0.717, 1.165) is 23.1 Å². The summed E-state index contributed by atoms with van der Waals surface area (Å²) in [4.78, 5) is 12.4. The lowest BCUT2D eigenvalue weighted by molar-refractivity contribution is -0.123. The molecule has 0 saturated heterocycles. The number of benzene rings is 2. The van der Waals surface area contributed by atoms with Crippen molar-refractivity contribution in [1.82, 2.24) is 9.62 Å². The molecule has 0 heterocycles. The third kappa shape index (κ3) is 6.87. The fourth-order valence-corrected chi connectivity index (χ4v) is 3.45. The summed E-state index contributed by atoms with van der Waals surface area (Å²) >= 11 is 0. The highest BCUT2D eigenvalue weighted by atomic mass is 32.2. The van der Waals surface area contributed by atoms with Crippen LogP contribution in [0.2, 0.25) is 0 Å². The van der Waals surface area contributed by atoms with Crippen LogP contribution in [0.15, 0.2) is 42.5 Å². The van der Waals surface area contributed by atoms with Gasteiger partial charge >= 0.3 is 0 Å². The van der Waals surface area contributed by atoms with Crippen LogP contribution in [-0.4, -0.2) is 38.5 Å². The summed E-state index contributed by atoms with van der Waals surface area (Å²) in [6.07, 6.45) is 1.96. The third-order valence-electron chi connectivity index (χ3n) is 4.81. The molecule has 0 aliphatic heterocycles. The molecule has 29 heavy (non-hydrogen) atoms. The minimum atomic E-state index is -3.23. The van der Waals surface area contributed by atoms with Crippen LogP contribution in [0, 0.1) is 13.8 Å². The van der Waals surface area contributed by atoms with E-state index in [1.807, 2.05) is 6.92 Å². The van der Waals surface area contributed by atoms with Crippen LogP contribution in [0.25, 0.3) is 0 Å². The lowest BCUT2D eigenvalue weighted by Gasteiger charge is -2.20. The first-order chi connectivity index (χ1) is 13.6. The van der Waals surface area contributed by atoms with E-state index in [2.05, 4.69) is 37.4 Å². The predicted octanol–water partition coefficient (Wildman–Crippen LogP) is 3.34. The number of amides is 1. The van der Waals surface area contributed by atoms with Gasteiger partial charge in [0.25, 0.3) is 5.91 Å². The van der Waals surface area contributed by atoms with Gasteiger partial charge in [-0.25, -0.2) is 12.7 Å². The molecule has 0 bridgehead atoms. The highest BCUT2D eigenvalue weighted by Gasteiger charge is 2.15. The number of carbonyl (C=O) groups excluding carboxylic acids is 1. The molecule has 0 radical (unpaired) electrons. The van der Waals surface area contributed by atoms with Gasteiger partial charge in [0, 0.05) is 13.6 Å². The molecule has 1 amide bonds. The van der Waals surface area contributed by atoms with Crippen molar-refractivity contribution in [2.75, 3.05) is 19.9 Å². The number of carbonyl (C=O) groups is 1. The SMILES string of the molecule is CC[C@H](NC(=O)COc1ccc(CN(C)S(C)(=O)=O)cc1)c1ccc(C)cc1C. The summed E-state index contributed by atoms with van der Waals surface area (Å²) in [5.74, 6) is 0.378. The van der Waals surface area contributed by atoms with Gasteiger partial charge in [0.2, 0.25) is 10.0 Å². The van der Waals surface area contributed by atoms with Crippen molar-refractivity contribution in [2.24, 2.45) is 0 Å². The summed E-state index contributed by atoms with van der Waals surface area (Å²) in [6.45, 7) is 6.35. The average molecular weight is 419 g/mol. The van der Waals surface area contributed by atoms with Gasteiger partial charge in [-0.1, -0.05) is 42.8 Å². The van der Waals surface area contributed by atoms with Crippen molar-refractivity contribution in [1.29, 1.82) is 0 Å². The number of rotatable bonds is 9. The van der Waals surface area contributed by atoms with E-state index >= 15 is 0 Å². The fourth-order valence-electron chi connectivity index (χ4n) is 3.07. The minimum absolute atomic E-state index is 0.0550. The Balaban J connectivity index is 1.91. The molecular weight excluding hydrogens is 388 g/mol. The van der Waals surface area contributed by atoms with E-state index in [1.165, 1.54) is 23.2 Å². The van der Waals surface area contributed by atoms with E-state index in [1.54, 1.807) is 24.3 Å². The number of aryl methyl sites for hydroxylation is 2. The van der Waals surface area contributed by atoms with E-state index in [-0.39, 0.29) is 25.1 Å². The Morgan fingerprint density at radius 1 is 1.14 bits per heavy atom. The summed E-state index contributed by atoms with van der Waals surface area (Å²) in [5.41, 5.74) is 4.32. The van der Waals surface area contributed by atoms with Crippen LogP contribution in [-0.2, 0) is 21.4 Å². The zero-order chi connectivity index (χ0) is 21.6. The van der Waals surface area contributed by atoms with Gasteiger partial charge in [-0.05, 0) is 49.1 Å². The molecular formula is C22H30N2O4S. The number of nitrogens with one attached hydrogen (secondary N) is 1. The molecule has 0 aliphatic carbocycles. The second kappa shape index (κ2) is 9.89. The summed E-state index contributed by atoms with van der Waals surface area (Å²) in [6, 6.07) is 13.2. The van der Waals surface area contributed by atoms with Crippen LogP contribution in [0.4, 0.5) is 0 Å². The van der Waals surface area contributed by atoms with Gasteiger partial charge in [0.05, 0.1) is 12.3 Å². The molecule has 0 saturated carbocycles. The second-order valence-electron chi connectivity index (χ2n) is 7.34. The van der Waals surface area contributed by atoms with Crippen molar-refractivity contribution >= 4 is 15.9 Å². The van der Waals surface area contributed by atoms with Crippen molar-refractivity contribution in [3.8, 4) is 5.75 Å². The van der Waals surface area contributed by atoms with Gasteiger partial charge in [-0.15, -0.1) is 0 Å². The third-order valence-corrected chi connectivity index (χ3v) is 6.07. The lowest BCUT2D eigenvalue weighted by atomic mass is 9.97. The summed E-state index contributed by atoms with van der Waals surface area (Å²) in [7, 11) is -1.69.